The third-order valence-electron chi connectivity index (χ3n) is 2.28. The van der Waals surface area contributed by atoms with E-state index in [1.807, 2.05) is 19.1 Å². The molecule has 1 rings (SSSR count). The maximum atomic E-state index is 11.2. The number of carbonyl (C=O) groups is 1. The van der Waals surface area contributed by atoms with Gasteiger partial charge in [-0.1, -0.05) is 12.1 Å². The molecule has 0 saturated heterocycles. The maximum Gasteiger partial charge on any atom is 0.234 e. The molecule has 0 bridgehead atoms. The van der Waals surface area contributed by atoms with E-state index >= 15 is 0 Å². The highest BCUT2D eigenvalue weighted by atomic mass is 16.5. The van der Waals surface area contributed by atoms with E-state index in [-0.39, 0.29) is 12.3 Å². The van der Waals surface area contributed by atoms with Gasteiger partial charge in [0, 0.05) is 12.1 Å². The molecule has 1 aromatic rings. The zero-order valence-corrected chi connectivity index (χ0v) is 10.5. The van der Waals surface area contributed by atoms with Crippen LogP contribution in [-0.2, 0) is 11.3 Å². The van der Waals surface area contributed by atoms with Gasteiger partial charge >= 0.3 is 0 Å². The number of benzene rings is 1. The summed E-state index contributed by atoms with van der Waals surface area (Å²) in [6.45, 7) is 2.71. The van der Waals surface area contributed by atoms with E-state index in [0.29, 0.717) is 24.7 Å². The fraction of sp³-hybridized carbons (Fsp3) is 0.385. The third-order valence-corrected chi connectivity index (χ3v) is 2.28. The van der Waals surface area contributed by atoms with Crippen LogP contribution in [0.25, 0.3) is 0 Å². The molecule has 0 radical (unpaired) electrons. The molecular formula is C13H16N2O3. The molecule has 1 N–H and O–H groups in total. The van der Waals surface area contributed by atoms with E-state index in [9.17, 15) is 4.79 Å². The minimum Gasteiger partial charge on any atom is -0.493 e. The van der Waals surface area contributed by atoms with Crippen molar-refractivity contribution in [3.05, 3.63) is 23.8 Å². The fourth-order valence-electron chi connectivity index (χ4n) is 1.50. The summed E-state index contributed by atoms with van der Waals surface area (Å²) in [6, 6.07) is 7.27. The summed E-state index contributed by atoms with van der Waals surface area (Å²) in [4.78, 5) is 11.2. The molecule has 0 aliphatic rings. The zero-order valence-electron chi connectivity index (χ0n) is 10.5. The van der Waals surface area contributed by atoms with Crippen molar-refractivity contribution < 1.29 is 14.3 Å². The zero-order chi connectivity index (χ0) is 13.4. The van der Waals surface area contributed by atoms with Crippen LogP contribution in [0.1, 0.15) is 18.9 Å². The van der Waals surface area contributed by atoms with Crippen LogP contribution in [0.3, 0.4) is 0 Å². The van der Waals surface area contributed by atoms with Gasteiger partial charge in [-0.05, 0) is 13.0 Å². The monoisotopic (exact) mass is 248 g/mol. The molecule has 1 amide bonds. The number of para-hydroxylation sites is 1. The predicted octanol–water partition coefficient (Wildman–Crippen LogP) is 1.62. The van der Waals surface area contributed by atoms with Gasteiger partial charge in [-0.25, -0.2) is 0 Å². The SMILES string of the molecule is CCOc1c(CNC(=O)CC#N)cccc1OC. The second-order valence-electron chi connectivity index (χ2n) is 3.49. The van der Waals surface area contributed by atoms with Crippen molar-refractivity contribution in [2.75, 3.05) is 13.7 Å². The van der Waals surface area contributed by atoms with Crippen molar-refractivity contribution >= 4 is 5.91 Å². The Balaban J connectivity index is 2.81. The number of amides is 1. The Hall–Kier alpha value is -2.22. The van der Waals surface area contributed by atoms with Crippen molar-refractivity contribution in [3.8, 4) is 17.6 Å². The number of nitrogens with one attached hydrogen (secondary N) is 1. The lowest BCUT2D eigenvalue weighted by Crippen LogP contribution is -2.22. The normalized spacial score (nSPS) is 9.39. The predicted molar refractivity (Wildman–Crippen MR) is 66.2 cm³/mol. The number of nitriles is 1. The number of hydrogen-bond donors (Lipinski definition) is 1. The minimum absolute atomic E-state index is 0.145. The Morgan fingerprint density at radius 1 is 1.50 bits per heavy atom. The Kier molecular flexibility index (Phi) is 5.52. The number of carbonyl (C=O) groups excluding carboxylic acids is 1. The molecule has 0 heterocycles. The molecule has 0 fully saturated rings. The van der Waals surface area contributed by atoms with Crippen molar-refractivity contribution in [3.63, 3.8) is 0 Å². The summed E-state index contributed by atoms with van der Waals surface area (Å²) in [5, 5.41) is 11.1. The van der Waals surface area contributed by atoms with E-state index in [1.165, 1.54) is 0 Å². The Bertz CT molecular complexity index is 452. The fourth-order valence-corrected chi connectivity index (χ4v) is 1.50. The topological polar surface area (TPSA) is 71.3 Å². The van der Waals surface area contributed by atoms with Gasteiger partial charge < -0.3 is 14.8 Å². The number of methoxy groups -OCH3 is 1. The summed E-state index contributed by atoms with van der Waals surface area (Å²) >= 11 is 0. The van der Waals surface area contributed by atoms with Gasteiger partial charge in [-0.3, -0.25) is 4.79 Å². The van der Waals surface area contributed by atoms with E-state index in [4.69, 9.17) is 14.7 Å². The van der Waals surface area contributed by atoms with Gasteiger partial charge in [-0.15, -0.1) is 0 Å². The molecule has 0 atom stereocenters. The van der Waals surface area contributed by atoms with E-state index in [2.05, 4.69) is 5.32 Å². The maximum absolute atomic E-state index is 11.2. The van der Waals surface area contributed by atoms with Gasteiger partial charge in [-0.2, -0.15) is 5.26 Å². The van der Waals surface area contributed by atoms with Crippen LogP contribution in [-0.4, -0.2) is 19.6 Å². The van der Waals surface area contributed by atoms with Crippen LogP contribution in [0.5, 0.6) is 11.5 Å². The lowest BCUT2D eigenvalue weighted by molar-refractivity contribution is -0.120. The van der Waals surface area contributed by atoms with Crippen molar-refractivity contribution in [2.24, 2.45) is 0 Å². The molecule has 0 unspecified atom stereocenters. The number of ether oxygens (including phenoxy) is 2. The van der Waals surface area contributed by atoms with Crippen molar-refractivity contribution in [1.29, 1.82) is 5.26 Å². The molecule has 18 heavy (non-hydrogen) atoms. The van der Waals surface area contributed by atoms with Gasteiger partial charge in [0.2, 0.25) is 5.91 Å². The molecule has 0 spiro atoms. The summed E-state index contributed by atoms with van der Waals surface area (Å²) < 4.78 is 10.7. The Labute approximate surface area is 106 Å². The largest absolute Gasteiger partial charge is 0.493 e. The Morgan fingerprint density at radius 2 is 2.28 bits per heavy atom. The van der Waals surface area contributed by atoms with Gasteiger partial charge in [0.15, 0.2) is 11.5 Å². The van der Waals surface area contributed by atoms with Crippen LogP contribution in [0.2, 0.25) is 0 Å². The summed E-state index contributed by atoms with van der Waals surface area (Å²) in [7, 11) is 1.57. The highest BCUT2D eigenvalue weighted by molar-refractivity contribution is 5.78. The molecule has 1 aromatic carbocycles. The Morgan fingerprint density at radius 3 is 2.89 bits per heavy atom. The van der Waals surface area contributed by atoms with E-state index in [1.54, 1.807) is 19.2 Å². The molecule has 96 valence electrons. The lowest BCUT2D eigenvalue weighted by Gasteiger charge is -2.14. The smallest absolute Gasteiger partial charge is 0.234 e. The van der Waals surface area contributed by atoms with Crippen LogP contribution < -0.4 is 14.8 Å². The lowest BCUT2D eigenvalue weighted by atomic mass is 10.2. The number of hydrogen-bond acceptors (Lipinski definition) is 4. The van der Waals surface area contributed by atoms with Gasteiger partial charge in [0.1, 0.15) is 6.42 Å². The molecule has 5 nitrogen and oxygen atoms in total. The average molecular weight is 248 g/mol. The highest BCUT2D eigenvalue weighted by Gasteiger charge is 2.10. The summed E-state index contributed by atoms with van der Waals surface area (Å²) in [5.41, 5.74) is 0.822. The third kappa shape index (κ3) is 3.67. The highest BCUT2D eigenvalue weighted by Crippen LogP contribution is 2.30. The molecule has 5 heteroatoms. The van der Waals surface area contributed by atoms with Gasteiger partial charge in [0.25, 0.3) is 0 Å². The molecule has 0 aliphatic carbocycles. The van der Waals surface area contributed by atoms with Gasteiger partial charge in [0.05, 0.1) is 19.8 Å². The van der Waals surface area contributed by atoms with Crippen LogP contribution >= 0.6 is 0 Å². The molecule has 0 saturated carbocycles. The summed E-state index contributed by atoms with van der Waals surface area (Å²) in [5.74, 6) is 0.950. The van der Waals surface area contributed by atoms with Crippen LogP contribution in [0.15, 0.2) is 18.2 Å². The first-order valence-corrected chi connectivity index (χ1v) is 5.65. The first kappa shape index (κ1) is 13.8. The average Bonchev–Trinajstić information content (AvgIpc) is 2.38. The standard InChI is InChI=1S/C13H16N2O3/c1-3-18-13-10(5-4-6-11(13)17-2)9-15-12(16)7-8-14/h4-6H,3,7,9H2,1-2H3,(H,15,16). The number of nitrogens with zero attached hydrogens (tertiary/aromatic N) is 1. The second-order valence-corrected chi connectivity index (χ2v) is 3.49. The van der Waals surface area contributed by atoms with E-state index in [0.717, 1.165) is 5.56 Å². The molecule has 0 aliphatic heterocycles. The first-order chi connectivity index (χ1) is 8.72. The van der Waals surface area contributed by atoms with E-state index < -0.39 is 0 Å². The van der Waals surface area contributed by atoms with Crippen molar-refractivity contribution in [1.82, 2.24) is 5.32 Å². The second kappa shape index (κ2) is 7.17. The molecular weight excluding hydrogens is 232 g/mol. The number of rotatable bonds is 6. The van der Waals surface area contributed by atoms with Crippen LogP contribution in [0, 0.1) is 11.3 Å². The van der Waals surface area contributed by atoms with Crippen molar-refractivity contribution in [2.45, 2.75) is 19.9 Å². The first-order valence-electron chi connectivity index (χ1n) is 5.65. The quantitative estimate of drug-likeness (QED) is 0.830. The molecule has 0 aromatic heterocycles. The summed E-state index contributed by atoms with van der Waals surface area (Å²) in [6.07, 6.45) is -0.145. The minimum atomic E-state index is -0.303. The van der Waals surface area contributed by atoms with Crippen LogP contribution in [0.4, 0.5) is 0 Å².